The van der Waals surface area contributed by atoms with E-state index in [1.165, 1.54) is 7.11 Å². The molecule has 0 unspecified atom stereocenters. The number of aryl methyl sites for hydroxylation is 1. The number of carbonyl (C=O) groups is 2. The van der Waals surface area contributed by atoms with E-state index in [1.54, 1.807) is 24.3 Å². The zero-order valence-electron chi connectivity index (χ0n) is 14.3. The molecule has 1 heterocycles. The second-order valence-corrected chi connectivity index (χ2v) is 6.69. The number of methoxy groups -OCH3 is 1. The number of nitrogens with zero attached hydrogens (tertiary/aromatic N) is 1. The van der Waals surface area contributed by atoms with Crippen LogP contribution in [0.3, 0.4) is 0 Å². The monoisotopic (exact) mass is 415 g/mol. The van der Waals surface area contributed by atoms with Gasteiger partial charge < -0.3 is 14.0 Å². The molecule has 1 aromatic heterocycles. The summed E-state index contributed by atoms with van der Waals surface area (Å²) in [6.07, 6.45) is 3.54. The van der Waals surface area contributed by atoms with Crippen molar-refractivity contribution in [3.63, 3.8) is 0 Å². The molecule has 3 rings (SSSR count). The van der Waals surface area contributed by atoms with E-state index >= 15 is 0 Å². The average molecular weight is 416 g/mol. The molecule has 0 bridgehead atoms. The van der Waals surface area contributed by atoms with Crippen LogP contribution in [0, 0.1) is 0 Å². The molecule has 0 fully saturated rings. The summed E-state index contributed by atoms with van der Waals surface area (Å²) in [5.41, 5.74) is 2.20. The Morgan fingerprint density at radius 2 is 1.96 bits per heavy atom. The third-order valence-corrected chi connectivity index (χ3v) is 4.58. The van der Waals surface area contributed by atoms with E-state index in [4.69, 9.17) is 4.74 Å². The maximum Gasteiger partial charge on any atom is 0.337 e. The smallest absolute Gasteiger partial charge is 0.337 e. The minimum Gasteiger partial charge on any atom is -0.494 e. The average Bonchev–Trinajstić information content (AvgIpc) is 3.02. The van der Waals surface area contributed by atoms with Gasteiger partial charge in [0.1, 0.15) is 5.75 Å². The minimum absolute atomic E-state index is 0.367. The third-order valence-electron chi connectivity index (χ3n) is 4.09. The van der Waals surface area contributed by atoms with E-state index in [1.807, 2.05) is 24.4 Å². The van der Waals surface area contributed by atoms with Crippen molar-refractivity contribution in [2.24, 2.45) is 0 Å². The Bertz CT molecular complexity index is 931. The fourth-order valence-corrected chi connectivity index (χ4v) is 3.17. The molecule has 0 saturated carbocycles. The summed E-state index contributed by atoms with van der Waals surface area (Å²) in [6, 6.07) is 12.8. The molecular weight excluding hydrogens is 398 g/mol. The van der Waals surface area contributed by atoms with Crippen LogP contribution in [0.4, 0.5) is 0 Å². The second-order valence-electron chi connectivity index (χ2n) is 5.78. The zero-order valence-corrected chi connectivity index (χ0v) is 15.9. The Hall–Kier alpha value is -2.60. The van der Waals surface area contributed by atoms with Gasteiger partial charge in [-0.25, -0.2) is 4.79 Å². The number of carbonyl (C=O) groups excluding carboxylic acids is 2. The van der Waals surface area contributed by atoms with Gasteiger partial charge in [-0.2, -0.15) is 0 Å². The van der Waals surface area contributed by atoms with E-state index in [-0.39, 0.29) is 5.97 Å². The summed E-state index contributed by atoms with van der Waals surface area (Å²) in [4.78, 5) is 22.7. The molecule has 0 saturated heterocycles. The number of fused-ring (bicyclic) bond motifs is 1. The minimum atomic E-state index is -0.367. The molecule has 2 aromatic carbocycles. The molecule has 3 aromatic rings. The molecule has 0 spiro atoms. The molecule has 0 aliphatic carbocycles. The Morgan fingerprint density at radius 1 is 1.19 bits per heavy atom. The van der Waals surface area contributed by atoms with Gasteiger partial charge in [0.2, 0.25) is 0 Å². The van der Waals surface area contributed by atoms with Crippen LogP contribution in [-0.4, -0.2) is 30.5 Å². The number of aromatic nitrogens is 1. The summed E-state index contributed by atoms with van der Waals surface area (Å²) >= 11 is 3.44. The van der Waals surface area contributed by atoms with Gasteiger partial charge in [0.05, 0.1) is 19.3 Å². The molecule has 6 heteroatoms. The summed E-state index contributed by atoms with van der Waals surface area (Å²) < 4.78 is 13.4. The Morgan fingerprint density at radius 3 is 2.65 bits per heavy atom. The van der Waals surface area contributed by atoms with Gasteiger partial charge >= 0.3 is 5.97 Å². The highest BCUT2D eigenvalue weighted by Crippen LogP contribution is 2.24. The SMILES string of the molecule is COC(=O)c1ccc(OCCCn2cc(C=O)c3cc(Br)ccc32)cc1. The first-order valence-corrected chi connectivity index (χ1v) is 8.96. The first-order valence-electron chi connectivity index (χ1n) is 8.17. The number of aldehydes is 1. The van der Waals surface area contributed by atoms with Gasteiger partial charge in [-0.15, -0.1) is 0 Å². The summed E-state index contributed by atoms with van der Waals surface area (Å²) in [6.45, 7) is 1.27. The molecule has 26 heavy (non-hydrogen) atoms. The molecule has 0 aliphatic heterocycles. The van der Waals surface area contributed by atoms with Gasteiger partial charge in [0.15, 0.2) is 6.29 Å². The van der Waals surface area contributed by atoms with Crippen LogP contribution < -0.4 is 4.74 Å². The van der Waals surface area contributed by atoms with Crippen LogP contribution in [0.5, 0.6) is 5.75 Å². The molecule has 0 aliphatic rings. The van der Waals surface area contributed by atoms with Crippen LogP contribution in [0.25, 0.3) is 10.9 Å². The topological polar surface area (TPSA) is 57.5 Å². The quantitative estimate of drug-likeness (QED) is 0.324. The number of benzene rings is 2. The lowest BCUT2D eigenvalue weighted by molar-refractivity contribution is 0.0600. The number of hydrogen-bond acceptors (Lipinski definition) is 4. The van der Waals surface area contributed by atoms with Gasteiger partial charge in [0, 0.05) is 33.7 Å². The lowest BCUT2D eigenvalue weighted by Gasteiger charge is -2.08. The van der Waals surface area contributed by atoms with Crippen LogP contribution in [0.15, 0.2) is 53.1 Å². The largest absolute Gasteiger partial charge is 0.494 e. The van der Waals surface area contributed by atoms with Gasteiger partial charge in [-0.3, -0.25) is 4.79 Å². The fraction of sp³-hybridized carbons (Fsp3) is 0.200. The lowest BCUT2D eigenvalue weighted by Crippen LogP contribution is -2.04. The predicted octanol–water partition coefficient (Wildman–Crippen LogP) is 4.47. The van der Waals surface area contributed by atoms with E-state index in [0.29, 0.717) is 23.5 Å². The van der Waals surface area contributed by atoms with Crippen molar-refractivity contribution in [1.82, 2.24) is 4.57 Å². The first-order chi connectivity index (χ1) is 12.6. The van der Waals surface area contributed by atoms with Crippen molar-refractivity contribution in [2.45, 2.75) is 13.0 Å². The van der Waals surface area contributed by atoms with E-state index in [2.05, 4.69) is 25.2 Å². The highest BCUT2D eigenvalue weighted by Gasteiger charge is 2.08. The molecule has 0 radical (unpaired) electrons. The first kappa shape index (κ1) is 18.2. The van der Waals surface area contributed by atoms with Gasteiger partial charge in [0.25, 0.3) is 0 Å². The summed E-state index contributed by atoms with van der Waals surface area (Å²) in [5, 5.41) is 0.939. The van der Waals surface area contributed by atoms with Crippen molar-refractivity contribution in [3.05, 3.63) is 64.3 Å². The molecule has 134 valence electrons. The molecule has 0 N–H and O–H groups in total. The normalized spacial score (nSPS) is 10.7. The number of ether oxygens (including phenoxy) is 2. The highest BCUT2D eigenvalue weighted by molar-refractivity contribution is 9.10. The maximum absolute atomic E-state index is 11.4. The van der Waals surface area contributed by atoms with Crippen molar-refractivity contribution < 1.29 is 19.1 Å². The Labute approximate surface area is 159 Å². The standard InChI is InChI=1S/C20H18BrNO4/c1-25-20(24)14-3-6-17(7-4-14)26-10-2-9-22-12-15(13-23)18-11-16(21)5-8-19(18)22/h3-8,11-13H,2,9-10H2,1H3. The van der Waals surface area contributed by atoms with Crippen LogP contribution in [0.1, 0.15) is 27.1 Å². The Balaban J connectivity index is 1.59. The van der Waals surface area contributed by atoms with E-state index in [0.717, 1.165) is 34.6 Å². The van der Waals surface area contributed by atoms with Crippen molar-refractivity contribution in [3.8, 4) is 5.75 Å². The number of halogens is 1. The van der Waals surface area contributed by atoms with Crippen LogP contribution in [-0.2, 0) is 11.3 Å². The van der Waals surface area contributed by atoms with Crippen molar-refractivity contribution in [2.75, 3.05) is 13.7 Å². The van der Waals surface area contributed by atoms with E-state index in [9.17, 15) is 9.59 Å². The highest BCUT2D eigenvalue weighted by atomic mass is 79.9. The van der Waals surface area contributed by atoms with Crippen molar-refractivity contribution in [1.29, 1.82) is 0 Å². The maximum atomic E-state index is 11.4. The van der Waals surface area contributed by atoms with Crippen molar-refractivity contribution >= 4 is 39.1 Å². The second kappa shape index (κ2) is 8.19. The summed E-state index contributed by atoms with van der Waals surface area (Å²) in [7, 11) is 1.35. The van der Waals surface area contributed by atoms with Crippen LogP contribution >= 0.6 is 15.9 Å². The number of esters is 1. The fourth-order valence-electron chi connectivity index (χ4n) is 2.81. The molecule has 0 amide bonds. The molecular formula is C20H18BrNO4. The van der Waals surface area contributed by atoms with Gasteiger partial charge in [-0.05, 0) is 48.9 Å². The summed E-state index contributed by atoms with van der Waals surface area (Å²) in [5.74, 6) is 0.334. The predicted molar refractivity (Wildman–Crippen MR) is 103 cm³/mol. The third kappa shape index (κ3) is 3.96. The molecule has 5 nitrogen and oxygen atoms in total. The number of hydrogen-bond donors (Lipinski definition) is 0. The zero-order chi connectivity index (χ0) is 18.5. The number of rotatable bonds is 7. The lowest BCUT2D eigenvalue weighted by atomic mass is 10.2. The van der Waals surface area contributed by atoms with Gasteiger partial charge in [-0.1, -0.05) is 15.9 Å². The van der Waals surface area contributed by atoms with E-state index < -0.39 is 0 Å². The van der Waals surface area contributed by atoms with Crippen LogP contribution in [0.2, 0.25) is 0 Å². The Kier molecular flexibility index (Phi) is 5.73. The molecule has 0 atom stereocenters.